The molecule has 3 rings (SSSR count). The van der Waals surface area contributed by atoms with Crippen LogP contribution in [0.3, 0.4) is 0 Å². The van der Waals surface area contributed by atoms with Crippen molar-refractivity contribution in [2.75, 3.05) is 6.54 Å². The van der Waals surface area contributed by atoms with Gasteiger partial charge in [0, 0.05) is 12.1 Å². The van der Waals surface area contributed by atoms with Crippen molar-refractivity contribution in [3.63, 3.8) is 0 Å². The van der Waals surface area contributed by atoms with E-state index in [4.69, 9.17) is 4.42 Å². The fourth-order valence-electron chi connectivity index (χ4n) is 2.54. The maximum absolute atomic E-state index is 13.3. The molecule has 0 unspecified atom stereocenters. The maximum atomic E-state index is 13.3. The summed E-state index contributed by atoms with van der Waals surface area (Å²) in [5.41, 5.74) is 3.73. The molecule has 0 spiro atoms. The average Bonchev–Trinajstić information content (AvgIpc) is 3.14. The Labute approximate surface area is 181 Å². The van der Waals surface area contributed by atoms with Crippen LogP contribution in [-0.4, -0.2) is 17.5 Å². The summed E-state index contributed by atoms with van der Waals surface area (Å²) in [7, 11) is 0. The highest BCUT2D eigenvalue weighted by atomic mass is 127. The Kier molecular flexibility index (Phi) is 8.43. The first kappa shape index (κ1) is 21.9. The van der Waals surface area contributed by atoms with Crippen molar-refractivity contribution >= 4 is 29.9 Å². The van der Waals surface area contributed by atoms with Crippen LogP contribution in [0.2, 0.25) is 0 Å². The van der Waals surface area contributed by atoms with Gasteiger partial charge in [0.05, 0.1) is 18.8 Å². The zero-order valence-corrected chi connectivity index (χ0v) is 18.2. The molecule has 0 aliphatic rings. The number of aliphatic imine (C=N–C) groups is 1. The summed E-state index contributed by atoms with van der Waals surface area (Å²) in [5, 5.41) is 6.39. The van der Waals surface area contributed by atoms with Crippen molar-refractivity contribution in [2.45, 2.75) is 26.9 Å². The Morgan fingerprint density at radius 2 is 1.93 bits per heavy atom. The molecular weight excluding hydrogens is 470 g/mol. The van der Waals surface area contributed by atoms with E-state index in [0.717, 1.165) is 23.4 Å². The number of halogens is 2. The predicted octanol–water partition coefficient (Wildman–Crippen LogP) is 4.66. The van der Waals surface area contributed by atoms with E-state index in [1.54, 1.807) is 12.3 Å². The van der Waals surface area contributed by atoms with Gasteiger partial charge in [-0.2, -0.15) is 0 Å². The van der Waals surface area contributed by atoms with Crippen molar-refractivity contribution in [3.8, 4) is 11.5 Å². The lowest BCUT2D eigenvalue weighted by Gasteiger charge is -2.10. The fraction of sp³-hybridized carbons (Fsp3) is 0.238. The first-order valence-corrected chi connectivity index (χ1v) is 8.92. The SMILES string of the molecule is CCNC(=NCc1cccc(F)c1)NCc1coc(-c2ccc(C)cc2)n1.I. The van der Waals surface area contributed by atoms with Gasteiger partial charge in [0.2, 0.25) is 5.89 Å². The van der Waals surface area contributed by atoms with Gasteiger partial charge in [-0.1, -0.05) is 29.8 Å². The smallest absolute Gasteiger partial charge is 0.226 e. The number of nitrogens with zero attached hydrogens (tertiary/aromatic N) is 2. The minimum atomic E-state index is -0.258. The summed E-state index contributed by atoms with van der Waals surface area (Å²) in [6.07, 6.45) is 1.64. The van der Waals surface area contributed by atoms with Crippen molar-refractivity contribution in [2.24, 2.45) is 4.99 Å². The Morgan fingerprint density at radius 3 is 2.64 bits per heavy atom. The zero-order valence-electron chi connectivity index (χ0n) is 15.9. The lowest BCUT2D eigenvalue weighted by Crippen LogP contribution is -2.36. The standard InChI is InChI=1S/C21H23FN4O.HI/c1-3-23-21(24-12-16-5-4-6-18(22)11-16)25-13-19-14-27-20(26-19)17-9-7-15(2)8-10-17;/h4-11,14H,3,12-13H2,1-2H3,(H2,23,24,25);1H. The third kappa shape index (κ3) is 6.33. The number of rotatable bonds is 6. The Bertz CT molecular complexity index is 909. The van der Waals surface area contributed by atoms with Crippen molar-refractivity contribution in [1.82, 2.24) is 15.6 Å². The largest absolute Gasteiger partial charge is 0.444 e. The number of aryl methyl sites for hydroxylation is 1. The van der Waals surface area contributed by atoms with Gasteiger partial charge < -0.3 is 15.1 Å². The van der Waals surface area contributed by atoms with Crippen LogP contribution in [0, 0.1) is 12.7 Å². The molecule has 1 heterocycles. The molecule has 5 nitrogen and oxygen atoms in total. The molecule has 1 aromatic heterocycles. The number of benzene rings is 2. The van der Waals surface area contributed by atoms with E-state index in [1.165, 1.54) is 17.7 Å². The van der Waals surface area contributed by atoms with Gasteiger partial charge in [-0.05, 0) is 43.7 Å². The molecule has 2 N–H and O–H groups in total. The van der Waals surface area contributed by atoms with Gasteiger partial charge in [0.1, 0.15) is 12.1 Å². The first-order chi connectivity index (χ1) is 13.1. The van der Waals surface area contributed by atoms with Crippen LogP contribution in [0.5, 0.6) is 0 Å². The van der Waals surface area contributed by atoms with Crippen LogP contribution in [0.25, 0.3) is 11.5 Å². The lowest BCUT2D eigenvalue weighted by atomic mass is 10.1. The van der Waals surface area contributed by atoms with Gasteiger partial charge in [-0.25, -0.2) is 14.4 Å². The van der Waals surface area contributed by atoms with E-state index in [2.05, 4.69) is 20.6 Å². The molecule has 7 heteroatoms. The molecule has 0 bridgehead atoms. The van der Waals surface area contributed by atoms with Crippen LogP contribution < -0.4 is 10.6 Å². The van der Waals surface area contributed by atoms with Crippen LogP contribution in [0.15, 0.2) is 64.2 Å². The van der Waals surface area contributed by atoms with Gasteiger partial charge >= 0.3 is 0 Å². The minimum absolute atomic E-state index is 0. The normalized spacial score (nSPS) is 11.0. The summed E-state index contributed by atoms with van der Waals surface area (Å²) in [4.78, 5) is 8.99. The minimum Gasteiger partial charge on any atom is -0.444 e. The Hall–Kier alpha value is -2.42. The van der Waals surface area contributed by atoms with Gasteiger partial charge in [-0.3, -0.25) is 0 Å². The molecule has 0 atom stereocenters. The summed E-state index contributed by atoms with van der Waals surface area (Å²) in [6, 6.07) is 14.5. The van der Waals surface area contributed by atoms with Crippen molar-refractivity contribution in [1.29, 1.82) is 0 Å². The molecule has 0 radical (unpaired) electrons. The third-order valence-corrected chi connectivity index (χ3v) is 3.94. The predicted molar refractivity (Wildman–Crippen MR) is 120 cm³/mol. The summed E-state index contributed by atoms with van der Waals surface area (Å²) in [5.74, 6) is 0.974. The highest BCUT2D eigenvalue weighted by molar-refractivity contribution is 14.0. The van der Waals surface area contributed by atoms with Crippen LogP contribution in [0.1, 0.15) is 23.7 Å². The van der Waals surface area contributed by atoms with E-state index in [-0.39, 0.29) is 29.8 Å². The van der Waals surface area contributed by atoms with E-state index >= 15 is 0 Å². The van der Waals surface area contributed by atoms with Crippen LogP contribution in [-0.2, 0) is 13.1 Å². The molecule has 148 valence electrons. The van der Waals surface area contributed by atoms with E-state index < -0.39 is 0 Å². The first-order valence-electron chi connectivity index (χ1n) is 8.92. The lowest BCUT2D eigenvalue weighted by molar-refractivity contribution is 0.572. The molecule has 28 heavy (non-hydrogen) atoms. The quantitative estimate of drug-likeness (QED) is 0.297. The van der Waals surface area contributed by atoms with Gasteiger partial charge in [0.15, 0.2) is 5.96 Å². The number of hydrogen-bond donors (Lipinski definition) is 2. The maximum Gasteiger partial charge on any atom is 0.226 e. The third-order valence-electron chi connectivity index (χ3n) is 3.94. The van der Waals surface area contributed by atoms with E-state index in [9.17, 15) is 4.39 Å². The van der Waals surface area contributed by atoms with Crippen molar-refractivity contribution in [3.05, 3.63) is 77.4 Å². The second-order valence-electron chi connectivity index (χ2n) is 6.19. The zero-order chi connectivity index (χ0) is 19.1. The topological polar surface area (TPSA) is 62.5 Å². The number of hydrogen-bond acceptors (Lipinski definition) is 3. The fourth-order valence-corrected chi connectivity index (χ4v) is 2.54. The Morgan fingerprint density at radius 1 is 1.14 bits per heavy atom. The average molecular weight is 494 g/mol. The van der Waals surface area contributed by atoms with Gasteiger partial charge in [0.25, 0.3) is 0 Å². The highest BCUT2D eigenvalue weighted by Crippen LogP contribution is 2.19. The van der Waals surface area contributed by atoms with Crippen LogP contribution in [0.4, 0.5) is 4.39 Å². The molecule has 0 amide bonds. The van der Waals surface area contributed by atoms with E-state index in [1.807, 2.05) is 44.2 Å². The summed E-state index contributed by atoms with van der Waals surface area (Å²) in [6.45, 7) is 5.62. The number of aromatic nitrogens is 1. The number of oxazole rings is 1. The highest BCUT2D eigenvalue weighted by Gasteiger charge is 2.07. The molecule has 2 aromatic carbocycles. The molecule has 0 saturated carbocycles. The molecule has 0 saturated heterocycles. The number of nitrogens with one attached hydrogen (secondary N) is 2. The second-order valence-corrected chi connectivity index (χ2v) is 6.19. The molecule has 3 aromatic rings. The molecule has 0 fully saturated rings. The monoisotopic (exact) mass is 494 g/mol. The van der Waals surface area contributed by atoms with E-state index in [0.29, 0.717) is 24.9 Å². The Balaban J connectivity index is 0.00000280. The summed E-state index contributed by atoms with van der Waals surface area (Å²) < 4.78 is 18.8. The second kappa shape index (κ2) is 10.8. The van der Waals surface area contributed by atoms with Gasteiger partial charge in [-0.15, -0.1) is 24.0 Å². The molecular formula is C21H24FIN4O. The molecule has 0 aliphatic heterocycles. The number of guanidine groups is 1. The summed E-state index contributed by atoms with van der Waals surface area (Å²) >= 11 is 0. The van der Waals surface area contributed by atoms with Crippen LogP contribution >= 0.6 is 24.0 Å². The molecule has 0 aliphatic carbocycles. The van der Waals surface area contributed by atoms with Crippen molar-refractivity contribution < 1.29 is 8.81 Å².